The Morgan fingerprint density at radius 3 is 2.83 bits per heavy atom. The summed E-state index contributed by atoms with van der Waals surface area (Å²) in [4.78, 5) is 0. The maximum absolute atomic E-state index is 14.1. The molecule has 0 amide bonds. The Hall–Kier alpha value is -0.160. The maximum Gasteiger partial charge on any atom is 0.129 e. The van der Waals surface area contributed by atoms with Crippen molar-refractivity contribution < 1.29 is 9.13 Å². The van der Waals surface area contributed by atoms with Gasteiger partial charge in [-0.3, -0.25) is 0 Å². The average molecular weight is 337 g/mol. The molecule has 2 rings (SSSR count). The molecule has 0 aliphatic carbocycles. The lowest BCUT2D eigenvalue weighted by atomic mass is 9.88. The fourth-order valence-corrected chi connectivity index (χ4v) is 3.05. The lowest BCUT2D eigenvalue weighted by molar-refractivity contribution is 0.0959. The molecule has 3 unspecified atom stereocenters. The van der Waals surface area contributed by atoms with Crippen LogP contribution in [0.2, 0.25) is 5.02 Å². The van der Waals surface area contributed by atoms with Crippen LogP contribution in [0.15, 0.2) is 16.6 Å². The number of halogens is 3. The van der Waals surface area contributed by atoms with E-state index < -0.39 is 0 Å². The second-order valence-electron chi connectivity index (χ2n) is 4.58. The molecule has 0 radical (unpaired) electrons. The zero-order chi connectivity index (χ0) is 13.3. The Labute approximate surface area is 120 Å². The summed E-state index contributed by atoms with van der Waals surface area (Å²) in [5, 5.41) is 3.71. The molecule has 1 N–H and O–H groups in total. The van der Waals surface area contributed by atoms with Gasteiger partial charge in [0.15, 0.2) is 0 Å². The van der Waals surface area contributed by atoms with Crippen LogP contribution in [0.5, 0.6) is 0 Å². The van der Waals surface area contributed by atoms with Crippen molar-refractivity contribution in [1.82, 2.24) is 5.32 Å². The van der Waals surface area contributed by atoms with Gasteiger partial charge in [0.1, 0.15) is 5.82 Å². The zero-order valence-electron chi connectivity index (χ0n) is 10.3. The monoisotopic (exact) mass is 335 g/mol. The predicted octanol–water partition coefficient (Wildman–Crippen LogP) is 3.93. The van der Waals surface area contributed by atoms with Crippen LogP contribution in [-0.4, -0.2) is 19.8 Å². The Morgan fingerprint density at radius 1 is 1.56 bits per heavy atom. The number of rotatable bonds is 3. The van der Waals surface area contributed by atoms with Gasteiger partial charge in [-0.2, -0.15) is 0 Å². The molecule has 2 nitrogen and oxygen atoms in total. The SMILES string of the molecule is CNC(c1cc(Cl)c(Br)cc1F)C1CCOC1C. The molecule has 1 aliphatic rings. The Balaban J connectivity index is 2.35. The van der Waals surface area contributed by atoms with E-state index in [2.05, 4.69) is 21.2 Å². The fraction of sp³-hybridized carbons (Fsp3) is 0.538. The highest BCUT2D eigenvalue weighted by Crippen LogP contribution is 2.36. The second-order valence-corrected chi connectivity index (χ2v) is 5.84. The van der Waals surface area contributed by atoms with Gasteiger partial charge in [-0.1, -0.05) is 11.6 Å². The van der Waals surface area contributed by atoms with E-state index in [1.54, 1.807) is 6.07 Å². The van der Waals surface area contributed by atoms with Crippen LogP contribution >= 0.6 is 27.5 Å². The van der Waals surface area contributed by atoms with E-state index in [1.807, 2.05) is 14.0 Å². The molecule has 5 heteroatoms. The molecule has 1 heterocycles. The number of hydrogen-bond donors (Lipinski definition) is 1. The van der Waals surface area contributed by atoms with Crippen molar-refractivity contribution in [3.05, 3.63) is 33.0 Å². The molecule has 1 aromatic rings. The largest absolute Gasteiger partial charge is 0.378 e. The lowest BCUT2D eigenvalue weighted by Crippen LogP contribution is -2.30. The molecule has 0 saturated carbocycles. The summed E-state index contributed by atoms with van der Waals surface area (Å²) in [6.45, 7) is 2.76. The van der Waals surface area contributed by atoms with Gasteiger partial charge in [-0.15, -0.1) is 0 Å². The summed E-state index contributed by atoms with van der Waals surface area (Å²) in [6, 6.07) is 3.03. The van der Waals surface area contributed by atoms with Gasteiger partial charge in [0.25, 0.3) is 0 Å². The second kappa shape index (κ2) is 5.87. The van der Waals surface area contributed by atoms with E-state index in [-0.39, 0.29) is 23.9 Å². The summed E-state index contributed by atoms with van der Waals surface area (Å²) < 4.78 is 20.2. The fourth-order valence-electron chi connectivity index (χ4n) is 2.56. The molecule has 1 aliphatic heterocycles. The first-order valence-corrected chi connectivity index (χ1v) is 7.15. The average Bonchev–Trinajstić information content (AvgIpc) is 2.73. The Kier molecular flexibility index (Phi) is 4.64. The van der Waals surface area contributed by atoms with Gasteiger partial charge in [-0.05, 0) is 48.5 Å². The van der Waals surface area contributed by atoms with Crippen LogP contribution in [-0.2, 0) is 4.74 Å². The summed E-state index contributed by atoms with van der Waals surface area (Å²) in [7, 11) is 1.84. The zero-order valence-corrected chi connectivity index (χ0v) is 12.7. The third-order valence-electron chi connectivity index (χ3n) is 3.55. The molecule has 0 spiro atoms. The van der Waals surface area contributed by atoms with Gasteiger partial charge in [-0.25, -0.2) is 4.39 Å². The number of nitrogens with one attached hydrogen (secondary N) is 1. The van der Waals surface area contributed by atoms with Crippen LogP contribution in [0.25, 0.3) is 0 Å². The molecule has 1 saturated heterocycles. The quantitative estimate of drug-likeness (QED) is 0.845. The van der Waals surface area contributed by atoms with Gasteiger partial charge in [0.2, 0.25) is 0 Å². The minimum Gasteiger partial charge on any atom is -0.378 e. The highest BCUT2D eigenvalue weighted by atomic mass is 79.9. The first-order valence-electron chi connectivity index (χ1n) is 5.98. The summed E-state index contributed by atoms with van der Waals surface area (Å²) in [5.41, 5.74) is 0.605. The van der Waals surface area contributed by atoms with Gasteiger partial charge < -0.3 is 10.1 Å². The summed E-state index contributed by atoms with van der Waals surface area (Å²) >= 11 is 9.29. The molecule has 18 heavy (non-hydrogen) atoms. The Bertz CT molecular complexity index is 443. The molecular formula is C13H16BrClFNO. The van der Waals surface area contributed by atoms with E-state index in [1.165, 1.54) is 6.07 Å². The lowest BCUT2D eigenvalue weighted by Gasteiger charge is -2.26. The van der Waals surface area contributed by atoms with Crippen molar-refractivity contribution in [2.45, 2.75) is 25.5 Å². The van der Waals surface area contributed by atoms with Crippen molar-refractivity contribution >= 4 is 27.5 Å². The minimum absolute atomic E-state index is 0.0758. The van der Waals surface area contributed by atoms with Crippen molar-refractivity contribution in [1.29, 1.82) is 0 Å². The molecule has 1 aromatic carbocycles. The molecule has 0 bridgehead atoms. The normalized spacial score (nSPS) is 25.4. The minimum atomic E-state index is -0.246. The third-order valence-corrected chi connectivity index (χ3v) is 4.75. The van der Waals surface area contributed by atoms with Crippen LogP contribution < -0.4 is 5.32 Å². The first kappa shape index (κ1) is 14.3. The highest BCUT2D eigenvalue weighted by molar-refractivity contribution is 9.10. The number of ether oxygens (including phenoxy) is 1. The van der Waals surface area contributed by atoms with Crippen LogP contribution in [0, 0.1) is 11.7 Å². The topological polar surface area (TPSA) is 21.3 Å². The van der Waals surface area contributed by atoms with Crippen LogP contribution in [0.1, 0.15) is 24.9 Å². The number of benzene rings is 1. The van der Waals surface area contributed by atoms with E-state index in [9.17, 15) is 4.39 Å². The predicted molar refractivity (Wildman–Crippen MR) is 74.4 cm³/mol. The summed E-state index contributed by atoms with van der Waals surface area (Å²) in [6.07, 6.45) is 1.06. The van der Waals surface area contributed by atoms with Crippen molar-refractivity contribution in [3.8, 4) is 0 Å². The van der Waals surface area contributed by atoms with Crippen molar-refractivity contribution in [2.75, 3.05) is 13.7 Å². The van der Waals surface area contributed by atoms with Crippen LogP contribution in [0.3, 0.4) is 0 Å². The Morgan fingerprint density at radius 2 is 2.28 bits per heavy atom. The smallest absolute Gasteiger partial charge is 0.129 e. The molecule has 0 aromatic heterocycles. The van der Waals surface area contributed by atoms with E-state index in [4.69, 9.17) is 16.3 Å². The van der Waals surface area contributed by atoms with Gasteiger partial charge in [0.05, 0.1) is 11.1 Å². The third kappa shape index (κ3) is 2.72. The van der Waals surface area contributed by atoms with Gasteiger partial charge in [0, 0.05) is 28.6 Å². The molecule has 100 valence electrons. The standard InChI is InChI=1S/C13H16BrClFNO/c1-7-8(3-4-18-7)13(17-2)9-5-11(15)10(14)6-12(9)16/h5-8,13,17H,3-4H2,1-2H3. The first-order chi connectivity index (χ1) is 8.54. The molecular weight excluding hydrogens is 321 g/mol. The van der Waals surface area contributed by atoms with E-state index in [0.717, 1.165) is 13.0 Å². The molecule has 1 fully saturated rings. The molecule has 3 atom stereocenters. The van der Waals surface area contributed by atoms with E-state index >= 15 is 0 Å². The van der Waals surface area contributed by atoms with Crippen LogP contribution in [0.4, 0.5) is 4.39 Å². The van der Waals surface area contributed by atoms with Crippen molar-refractivity contribution in [3.63, 3.8) is 0 Å². The highest BCUT2D eigenvalue weighted by Gasteiger charge is 2.33. The number of hydrogen-bond acceptors (Lipinski definition) is 2. The van der Waals surface area contributed by atoms with Crippen molar-refractivity contribution in [2.24, 2.45) is 5.92 Å². The summed E-state index contributed by atoms with van der Waals surface area (Å²) in [5.74, 6) is 0.0199. The van der Waals surface area contributed by atoms with E-state index in [0.29, 0.717) is 15.1 Å². The van der Waals surface area contributed by atoms with Gasteiger partial charge >= 0.3 is 0 Å². The maximum atomic E-state index is 14.1.